The normalized spacial score (nSPS) is 10.3. The quantitative estimate of drug-likeness (QED) is 0.466. The highest BCUT2D eigenvalue weighted by molar-refractivity contribution is 8.71. The molecule has 0 aromatic rings. The molecule has 0 rings (SSSR count). The maximum Gasteiger partial charge on any atom is -0.0112 e. The van der Waals surface area contributed by atoms with E-state index in [4.69, 9.17) is 0 Å². The van der Waals surface area contributed by atoms with E-state index in [2.05, 4.69) is 23.3 Å². The maximum atomic E-state index is 3.84. The fraction of sp³-hybridized carbons (Fsp3) is 0. The fourth-order valence-corrected chi connectivity index (χ4v) is 1.34. The van der Waals surface area contributed by atoms with Crippen molar-refractivity contribution in [3.05, 3.63) is 10.8 Å². The molecule has 0 saturated carbocycles. The zero-order valence-electron chi connectivity index (χ0n) is 2.87. The predicted molar refractivity (Wildman–Crippen MR) is 42.3 cm³/mol. The first-order valence-corrected chi connectivity index (χ1v) is 5.03. The van der Waals surface area contributed by atoms with Crippen LogP contribution >= 0.6 is 44.9 Å². The fourth-order valence-electron chi connectivity index (χ4n) is 0.0497. The molecule has 0 amide bonds. The molecule has 0 unspecified atom stereocenters. The van der Waals surface area contributed by atoms with E-state index in [-0.39, 0.29) is 0 Å². The molecule has 36 valence electrons. The second-order valence-electron chi connectivity index (χ2n) is 0.483. The van der Waals surface area contributed by atoms with Gasteiger partial charge in [-0.1, -0.05) is 21.6 Å². The molecular formula is C2H4S4. The van der Waals surface area contributed by atoms with Gasteiger partial charge in [-0.3, -0.25) is 0 Å². The first-order valence-electron chi connectivity index (χ1n) is 1.17. The summed E-state index contributed by atoms with van der Waals surface area (Å²) in [6.45, 7) is 0. The molecule has 0 N–H and O–H groups in total. The van der Waals surface area contributed by atoms with Gasteiger partial charge >= 0.3 is 0 Å². The van der Waals surface area contributed by atoms with Crippen LogP contribution in [0, 0.1) is 0 Å². The molecule has 0 aliphatic rings. The highest BCUT2D eigenvalue weighted by Crippen LogP contribution is 2.12. The average molecular weight is 156 g/mol. The smallest absolute Gasteiger partial charge is 0.0112 e. The average Bonchev–Trinajstić information content (AvgIpc) is 1.61. The van der Waals surface area contributed by atoms with Gasteiger partial charge < -0.3 is 0 Å². The molecule has 6 heavy (non-hydrogen) atoms. The van der Waals surface area contributed by atoms with E-state index in [1.807, 2.05) is 10.8 Å². The van der Waals surface area contributed by atoms with Gasteiger partial charge in [-0.15, -0.1) is 23.3 Å². The van der Waals surface area contributed by atoms with Gasteiger partial charge in [0.2, 0.25) is 0 Å². The number of hydrogen-bond acceptors (Lipinski definition) is 4. The molecular weight excluding hydrogens is 152 g/mol. The summed E-state index contributed by atoms with van der Waals surface area (Å²) < 4.78 is 0. The third-order valence-electron chi connectivity index (χ3n) is 0.177. The summed E-state index contributed by atoms with van der Waals surface area (Å²) >= 11 is 7.67. The van der Waals surface area contributed by atoms with Crippen LogP contribution in [0.1, 0.15) is 0 Å². The van der Waals surface area contributed by atoms with Crippen molar-refractivity contribution in [2.75, 3.05) is 0 Å². The summed E-state index contributed by atoms with van der Waals surface area (Å²) in [6, 6.07) is 0. The largest absolute Gasteiger partial charge is 0.107 e. The molecule has 0 heterocycles. The van der Waals surface area contributed by atoms with Crippen LogP contribution < -0.4 is 0 Å². The van der Waals surface area contributed by atoms with E-state index in [1.165, 1.54) is 21.6 Å². The molecule has 0 fully saturated rings. The van der Waals surface area contributed by atoms with Crippen molar-refractivity contribution in [2.24, 2.45) is 0 Å². The van der Waals surface area contributed by atoms with Crippen LogP contribution in [0.2, 0.25) is 0 Å². The summed E-state index contributed by atoms with van der Waals surface area (Å²) in [6.07, 6.45) is 0. The van der Waals surface area contributed by atoms with Crippen LogP contribution in [0.5, 0.6) is 0 Å². The minimum absolute atomic E-state index is 1.37. The number of rotatable bonds is 2. The lowest BCUT2D eigenvalue weighted by atomic mass is 11.3. The van der Waals surface area contributed by atoms with Crippen LogP contribution in [0.15, 0.2) is 10.8 Å². The van der Waals surface area contributed by atoms with Crippen LogP contribution in [0.4, 0.5) is 0 Å². The number of hydrogen-bond donors (Lipinski definition) is 2. The Kier molecular flexibility index (Phi) is 7.31. The summed E-state index contributed by atoms with van der Waals surface area (Å²) in [5.74, 6) is 0. The van der Waals surface area contributed by atoms with Gasteiger partial charge in [-0.2, -0.15) is 0 Å². The topological polar surface area (TPSA) is 0 Å². The molecule has 0 nitrogen and oxygen atoms in total. The van der Waals surface area contributed by atoms with Crippen LogP contribution in [0.3, 0.4) is 0 Å². The lowest BCUT2D eigenvalue weighted by Gasteiger charge is -1.71. The molecule has 0 spiro atoms. The zero-order valence-corrected chi connectivity index (χ0v) is 6.29. The minimum Gasteiger partial charge on any atom is -0.107 e. The van der Waals surface area contributed by atoms with Crippen molar-refractivity contribution >= 4 is 44.9 Å². The Hall–Kier alpha value is 1.14. The molecule has 0 bridgehead atoms. The first kappa shape index (κ1) is 7.14. The standard InChI is InChI=1S/C2H4S4/c3-5-1-2-6-4/h1-4H/b2-1-. The molecule has 0 atom stereocenters. The second kappa shape index (κ2) is 6.14. The van der Waals surface area contributed by atoms with Crippen molar-refractivity contribution < 1.29 is 0 Å². The third-order valence-corrected chi connectivity index (χ3v) is 1.60. The van der Waals surface area contributed by atoms with Gasteiger partial charge in [-0.25, -0.2) is 0 Å². The SMILES string of the molecule is SS/C=C\SS. The van der Waals surface area contributed by atoms with Gasteiger partial charge in [-0.05, 0) is 10.8 Å². The van der Waals surface area contributed by atoms with Crippen molar-refractivity contribution in [3.63, 3.8) is 0 Å². The summed E-state index contributed by atoms with van der Waals surface area (Å²) in [5, 5.41) is 3.70. The summed E-state index contributed by atoms with van der Waals surface area (Å²) in [7, 11) is 2.74. The molecule has 0 aromatic carbocycles. The van der Waals surface area contributed by atoms with E-state index in [1.54, 1.807) is 0 Å². The van der Waals surface area contributed by atoms with Crippen LogP contribution in [-0.2, 0) is 0 Å². The Morgan fingerprint density at radius 1 is 1.00 bits per heavy atom. The Morgan fingerprint density at radius 3 is 1.50 bits per heavy atom. The van der Waals surface area contributed by atoms with Gasteiger partial charge in [0.05, 0.1) is 0 Å². The third kappa shape index (κ3) is 5.14. The van der Waals surface area contributed by atoms with Gasteiger partial charge in [0, 0.05) is 0 Å². The molecule has 0 saturated heterocycles. The van der Waals surface area contributed by atoms with E-state index in [0.29, 0.717) is 0 Å². The van der Waals surface area contributed by atoms with Crippen molar-refractivity contribution in [2.45, 2.75) is 0 Å². The summed E-state index contributed by atoms with van der Waals surface area (Å²) in [5.41, 5.74) is 0. The lowest BCUT2D eigenvalue weighted by molar-refractivity contribution is 2.60. The van der Waals surface area contributed by atoms with E-state index in [9.17, 15) is 0 Å². The minimum atomic E-state index is 1.37. The number of thiol groups is 2. The van der Waals surface area contributed by atoms with Crippen LogP contribution in [-0.4, -0.2) is 0 Å². The Morgan fingerprint density at radius 2 is 1.33 bits per heavy atom. The molecule has 0 aliphatic heterocycles. The Balaban J connectivity index is 2.73. The zero-order chi connectivity index (χ0) is 4.83. The monoisotopic (exact) mass is 156 g/mol. The highest BCUT2D eigenvalue weighted by atomic mass is 33.1. The molecule has 4 heteroatoms. The lowest BCUT2D eigenvalue weighted by Crippen LogP contribution is -1.27. The van der Waals surface area contributed by atoms with E-state index >= 15 is 0 Å². The van der Waals surface area contributed by atoms with Gasteiger partial charge in [0.1, 0.15) is 0 Å². The second-order valence-corrected chi connectivity index (χ2v) is 2.71. The summed E-state index contributed by atoms with van der Waals surface area (Å²) in [4.78, 5) is 0. The molecule has 0 aliphatic carbocycles. The predicted octanol–water partition coefficient (Wildman–Crippen LogP) is 2.61. The highest BCUT2D eigenvalue weighted by Gasteiger charge is 1.61. The van der Waals surface area contributed by atoms with E-state index in [0.717, 1.165) is 0 Å². The molecule has 0 radical (unpaired) electrons. The maximum absolute atomic E-state index is 3.84. The van der Waals surface area contributed by atoms with Gasteiger partial charge in [0.15, 0.2) is 0 Å². The van der Waals surface area contributed by atoms with Crippen LogP contribution in [0.25, 0.3) is 0 Å². The molecule has 0 aromatic heterocycles. The Bertz CT molecular complexity index is 34.8. The van der Waals surface area contributed by atoms with Crippen molar-refractivity contribution in [1.82, 2.24) is 0 Å². The van der Waals surface area contributed by atoms with Gasteiger partial charge in [0.25, 0.3) is 0 Å². The Labute approximate surface area is 55.8 Å². The van der Waals surface area contributed by atoms with Crippen molar-refractivity contribution in [3.8, 4) is 0 Å². The van der Waals surface area contributed by atoms with E-state index < -0.39 is 0 Å². The van der Waals surface area contributed by atoms with Crippen molar-refractivity contribution in [1.29, 1.82) is 0 Å². The first-order chi connectivity index (χ1) is 2.91.